The molecule has 0 aliphatic heterocycles. The van der Waals surface area contributed by atoms with Crippen LogP contribution in [0.4, 0.5) is 5.69 Å². The highest BCUT2D eigenvalue weighted by molar-refractivity contribution is 9.10. The van der Waals surface area contributed by atoms with Crippen molar-refractivity contribution in [3.05, 3.63) is 57.0 Å². The Morgan fingerprint density at radius 2 is 2.00 bits per heavy atom. The molecular weight excluding hydrogens is 410 g/mol. The van der Waals surface area contributed by atoms with Gasteiger partial charge in [0.15, 0.2) is 6.10 Å². The van der Waals surface area contributed by atoms with Gasteiger partial charge in [0.1, 0.15) is 5.75 Å². The molecule has 1 atom stereocenters. The maximum Gasteiger partial charge on any atom is 0.265 e. The van der Waals surface area contributed by atoms with Crippen LogP contribution in [0, 0.1) is 0 Å². The Labute approximate surface area is 147 Å². The Bertz CT molecular complexity index is 673. The predicted molar refractivity (Wildman–Crippen MR) is 96.4 cm³/mol. The van der Waals surface area contributed by atoms with Gasteiger partial charge < -0.3 is 10.1 Å². The molecule has 2 rings (SSSR count). The van der Waals surface area contributed by atoms with Crippen LogP contribution in [0.3, 0.4) is 0 Å². The molecule has 22 heavy (non-hydrogen) atoms. The van der Waals surface area contributed by atoms with Crippen molar-refractivity contribution in [2.24, 2.45) is 0 Å². The molecule has 0 heterocycles. The summed E-state index contributed by atoms with van der Waals surface area (Å²) in [7, 11) is 0. The van der Waals surface area contributed by atoms with Gasteiger partial charge in [-0.05, 0) is 65.2 Å². The average Bonchev–Trinajstić information content (AvgIpc) is 2.49. The molecule has 1 N–H and O–H groups in total. The number of anilines is 1. The average molecular weight is 427 g/mol. The van der Waals surface area contributed by atoms with Gasteiger partial charge in [0, 0.05) is 8.95 Å². The summed E-state index contributed by atoms with van der Waals surface area (Å²) in [6.07, 6.45) is 0.363. The molecule has 116 valence electrons. The van der Waals surface area contributed by atoms with Gasteiger partial charge >= 0.3 is 0 Å². The molecule has 0 radical (unpaired) electrons. The van der Waals surface area contributed by atoms with Crippen molar-refractivity contribution in [1.82, 2.24) is 0 Å². The standard InChI is InChI=1S/C17H17Br2NO2/c1-3-12-7-8-16(15(19)9-12)20-17(21)11(2)22-14-6-4-5-13(18)10-14/h4-11H,3H2,1-2H3,(H,20,21). The van der Waals surface area contributed by atoms with Crippen LogP contribution in [0.1, 0.15) is 19.4 Å². The Morgan fingerprint density at radius 1 is 1.23 bits per heavy atom. The lowest BCUT2D eigenvalue weighted by Gasteiger charge is -2.16. The summed E-state index contributed by atoms with van der Waals surface area (Å²) in [4.78, 5) is 12.2. The molecular formula is C17H17Br2NO2. The van der Waals surface area contributed by atoms with E-state index >= 15 is 0 Å². The molecule has 0 spiro atoms. The second-order valence-corrected chi connectivity index (χ2v) is 6.64. The van der Waals surface area contributed by atoms with Crippen LogP contribution in [0.5, 0.6) is 5.75 Å². The molecule has 0 saturated heterocycles. The molecule has 3 nitrogen and oxygen atoms in total. The van der Waals surface area contributed by atoms with Crippen LogP contribution < -0.4 is 10.1 Å². The van der Waals surface area contributed by atoms with Crippen molar-refractivity contribution in [2.45, 2.75) is 26.4 Å². The molecule has 2 aromatic rings. The number of halogens is 2. The Morgan fingerprint density at radius 3 is 2.64 bits per heavy atom. The molecule has 1 amide bonds. The van der Waals surface area contributed by atoms with Gasteiger partial charge in [-0.15, -0.1) is 0 Å². The molecule has 0 fully saturated rings. The molecule has 0 aromatic heterocycles. The van der Waals surface area contributed by atoms with E-state index in [9.17, 15) is 4.79 Å². The number of benzene rings is 2. The normalized spacial score (nSPS) is 11.8. The largest absolute Gasteiger partial charge is 0.481 e. The van der Waals surface area contributed by atoms with Crippen molar-refractivity contribution in [1.29, 1.82) is 0 Å². The number of aryl methyl sites for hydroxylation is 1. The van der Waals surface area contributed by atoms with E-state index in [1.165, 1.54) is 5.56 Å². The van der Waals surface area contributed by atoms with E-state index < -0.39 is 6.10 Å². The lowest BCUT2D eigenvalue weighted by Crippen LogP contribution is -2.30. The third kappa shape index (κ3) is 4.58. The molecule has 0 bridgehead atoms. The van der Waals surface area contributed by atoms with E-state index in [1.54, 1.807) is 6.92 Å². The molecule has 0 aliphatic carbocycles. The van der Waals surface area contributed by atoms with Crippen LogP contribution >= 0.6 is 31.9 Å². The minimum absolute atomic E-state index is 0.190. The van der Waals surface area contributed by atoms with E-state index in [1.807, 2.05) is 42.5 Å². The SMILES string of the molecule is CCc1ccc(NC(=O)C(C)Oc2cccc(Br)c2)c(Br)c1. The third-order valence-corrected chi connectivity index (χ3v) is 4.33. The van der Waals surface area contributed by atoms with Crippen molar-refractivity contribution in [2.75, 3.05) is 5.32 Å². The predicted octanol–water partition coefficient (Wildman–Crippen LogP) is 5.18. The first-order chi connectivity index (χ1) is 10.5. The van der Waals surface area contributed by atoms with Gasteiger partial charge in [-0.2, -0.15) is 0 Å². The fourth-order valence-corrected chi connectivity index (χ4v) is 2.82. The number of carbonyl (C=O) groups excluding carboxylic acids is 1. The molecule has 0 aliphatic rings. The van der Waals surface area contributed by atoms with Crippen molar-refractivity contribution in [3.63, 3.8) is 0 Å². The minimum atomic E-state index is -0.591. The van der Waals surface area contributed by atoms with E-state index in [4.69, 9.17) is 4.74 Å². The van der Waals surface area contributed by atoms with Gasteiger partial charge in [0.25, 0.3) is 5.91 Å². The number of carbonyl (C=O) groups is 1. The van der Waals surface area contributed by atoms with Crippen LogP contribution in [0.2, 0.25) is 0 Å². The lowest BCUT2D eigenvalue weighted by molar-refractivity contribution is -0.122. The second kappa shape index (κ2) is 7.79. The number of amides is 1. The topological polar surface area (TPSA) is 38.3 Å². The fraction of sp³-hybridized carbons (Fsp3) is 0.235. The zero-order chi connectivity index (χ0) is 16.1. The highest BCUT2D eigenvalue weighted by atomic mass is 79.9. The first-order valence-corrected chi connectivity index (χ1v) is 8.59. The smallest absolute Gasteiger partial charge is 0.265 e. The maximum absolute atomic E-state index is 12.2. The van der Waals surface area contributed by atoms with E-state index in [-0.39, 0.29) is 5.91 Å². The highest BCUT2D eigenvalue weighted by Gasteiger charge is 2.16. The van der Waals surface area contributed by atoms with Crippen molar-refractivity contribution in [3.8, 4) is 5.75 Å². The van der Waals surface area contributed by atoms with Gasteiger partial charge in [0.05, 0.1) is 5.69 Å². The Kier molecular flexibility index (Phi) is 6.03. The second-order valence-electron chi connectivity index (χ2n) is 4.87. The summed E-state index contributed by atoms with van der Waals surface area (Å²) in [5.41, 5.74) is 1.95. The monoisotopic (exact) mass is 425 g/mol. The summed E-state index contributed by atoms with van der Waals surface area (Å²) in [5, 5.41) is 2.87. The van der Waals surface area contributed by atoms with Crippen molar-refractivity contribution < 1.29 is 9.53 Å². The van der Waals surface area contributed by atoms with E-state index in [0.717, 1.165) is 21.1 Å². The maximum atomic E-state index is 12.2. The minimum Gasteiger partial charge on any atom is -0.481 e. The molecule has 5 heteroatoms. The summed E-state index contributed by atoms with van der Waals surface area (Å²) in [6.45, 7) is 3.82. The van der Waals surface area contributed by atoms with Gasteiger partial charge in [-0.3, -0.25) is 4.79 Å². The summed E-state index contributed by atoms with van der Waals surface area (Å²) >= 11 is 6.86. The number of hydrogen-bond donors (Lipinski definition) is 1. The Balaban J connectivity index is 2.02. The van der Waals surface area contributed by atoms with E-state index in [2.05, 4.69) is 44.1 Å². The number of hydrogen-bond acceptors (Lipinski definition) is 2. The molecule has 1 unspecified atom stereocenters. The van der Waals surface area contributed by atoms with Crippen LogP contribution in [-0.4, -0.2) is 12.0 Å². The van der Waals surface area contributed by atoms with Gasteiger partial charge in [-0.25, -0.2) is 0 Å². The quantitative estimate of drug-likeness (QED) is 0.715. The first kappa shape index (κ1) is 17.0. The lowest BCUT2D eigenvalue weighted by atomic mass is 10.1. The zero-order valence-electron chi connectivity index (χ0n) is 12.4. The number of nitrogens with one attached hydrogen (secondary N) is 1. The number of rotatable bonds is 5. The first-order valence-electron chi connectivity index (χ1n) is 7.01. The van der Waals surface area contributed by atoms with Gasteiger partial charge in [-0.1, -0.05) is 35.0 Å². The summed E-state index contributed by atoms with van der Waals surface area (Å²) < 4.78 is 7.44. The highest BCUT2D eigenvalue weighted by Crippen LogP contribution is 2.24. The third-order valence-electron chi connectivity index (χ3n) is 3.18. The zero-order valence-corrected chi connectivity index (χ0v) is 15.6. The van der Waals surface area contributed by atoms with E-state index in [0.29, 0.717) is 5.75 Å². The van der Waals surface area contributed by atoms with Crippen LogP contribution in [0.25, 0.3) is 0 Å². The summed E-state index contributed by atoms with van der Waals surface area (Å²) in [5.74, 6) is 0.461. The fourth-order valence-electron chi connectivity index (χ4n) is 1.91. The number of ether oxygens (including phenoxy) is 1. The molecule has 2 aromatic carbocycles. The van der Waals surface area contributed by atoms with Crippen LogP contribution in [-0.2, 0) is 11.2 Å². The Hall–Kier alpha value is -1.33. The van der Waals surface area contributed by atoms with Gasteiger partial charge in [0.2, 0.25) is 0 Å². The van der Waals surface area contributed by atoms with Crippen molar-refractivity contribution >= 4 is 43.5 Å². The van der Waals surface area contributed by atoms with Crippen LogP contribution in [0.15, 0.2) is 51.4 Å². The molecule has 0 saturated carbocycles. The summed E-state index contributed by atoms with van der Waals surface area (Å²) in [6, 6.07) is 13.3.